The Balaban J connectivity index is 2.19. The van der Waals surface area contributed by atoms with Gasteiger partial charge in [0.1, 0.15) is 0 Å². The molecule has 2 rings (SSSR count). The number of rotatable bonds is 8. The molecule has 4 nitrogen and oxygen atoms in total. The van der Waals surface area contributed by atoms with E-state index in [-0.39, 0.29) is 23.0 Å². The molecular weight excluding hydrogens is 366 g/mol. The van der Waals surface area contributed by atoms with Crippen molar-refractivity contribution >= 4 is 8.32 Å². The first-order valence-electron chi connectivity index (χ1n) is 10.7. The van der Waals surface area contributed by atoms with Gasteiger partial charge in [0.25, 0.3) is 0 Å². The van der Waals surface area contributed by atoms with E-state index in [4.69, 9.17) is 14.0 Å². The quantitative estimate of drug-likeness (QED) is 0.495. The molecule has 0 amide bonds. The summed E-state index contributed by atoms with van der Waals surface area (Å²) in [5, 5.41) is 2.31. The molecular formula is C23H41NO3Si. The molecule has 0 spiro atoms. The lowest BCUT2D eigenvalue weighted by Crippen LogP contribution is -2.53. The second-order valence-electron chi connectivity index (χ2n) is 10.1. The molecule has 0 aromatic heterocycles. The molecule has 0 saturated carbocycles. The van der Waals surface area contributed by atoms with Gasteiger partial charge in [-0.2, -0.15) is 5.06 Å². The Labute approximate surface area is 173 Å². The molecule has 5 heteroatoms. The van der Waals surface area contributed by atoms with Crippen LogP contribution in [-0.2, 0) is 20.5 Å². The summed E-state index contributed by atoms with van der Waals surface area (Å²) < 4.78 is 12.7. The first kappa shape index (κ1) is 23.6. The van der Waals surface area contributed by atoms with E-state index < -0.39 is 8.32 Å². The zero-order chi connectivity index (χ0) is 21.2. The highest BCUT2D eigenvalue weighted by Gasteiger charge is 2.48. The molecule has 3 atom stereocenters. The van der Waals surface area contributed by atoms with Crippen molar-refractivity contribution in [2.75, 3.05) is 6.61 Å². The molecule has 0 radical (unpaired) electrons. The first-order chi connectivity index (χ1) is 12.9. The van der Waals surface area contributed by atoms with Gasteiger partial charge in [0.05, 0.1) is 5.60 Å². The highest BCUT2D eigenvalue weighted by molar-refractivity contribution is 6.74. The van der Waals surface area contributed by atoms with Crippen LogP contribution in [0, 0.1) is 5.92 Å². The summed E-state index contributed by atoms with van der Waals surface area (Å²) in [4.78, 5) is 6.20. The van der Waals surface area contributed by atoms with Crippen molar-refractivity contribution in [2.24, 2.45) is 5.92 Å². The maximum atomic E-state index is 6.87. The predicted octanol–water partition coefficient (Wildman–Crippen LogP) is 5.99. The van der Waals surface area contributed by atoms with E-state index in [0.717, 1.165) is 13.0 Å². The van der Waals surface area contributed by atoms with Crippen molar-refractivity contribution in [3.8, 4) is 0 Å². The number of hydrogen-bond acceptors (Lipinski definition) is 4. The third kappa shape index (κ3) is 5.67. The van der Waals surface area contributed by atoms with E-state index in [1.54, 1.807) is 0 Å². The zero-order valence-electron chi connectivity index (χ0n) is 19.4. The number of ether oxygens (including phenoxy) is 1. The van der Waals surface area contributed by atoms with E-state index in [9.17, 15) is 0 Å². The Morgan fingerprint density at radius 3 is 2.29 bits per heavy atom. The number of hydroxylamine groups is 2. The third-order valence-corrected chi connectivity index (χ3v) is 11.2. The average Bonchev–Trinajstić information content (AvgIpc) is 2.95. The molecule has 1 fully saturated rings. The highest BCUT2D eigenvalue weighted by atomic mass is 28.4. The molecule has 160 valence electrons. The Morgan fingerprint density at radius 1 is 1.14 bits per heavy atom. The Kier molecular flexibility index (Phi) is 7.54. The molecule has 28 heavy (non-hydrogen) atoms. The minimum atomic E-state index is -1.87. The molecule has 0 N–H and O–H groups in total. The molecule has 1 saturated heterocycles. The van der Waals surface area contributed by atoms with Gasteiger partial charge in [-0.05, 0) is 44.5 Å². The lowest BCUT2D eigenvalue weighted by molar-refractivity contribution is -0.248. The smallest absolute Gasteiger partial charge is 0.192 e. The Hall–Kier alpha value is -0.723. The second-order valence-corrected chi connectivity index (χ2v) is 14.8. The van der Waals surface area contributed by atoms with Gasteiger partial charge in [-0.1, -0.05) is 58.0 Å². The molecule has 3 unspecified atom stereocenters. The minimum absolute atomic E-state index is 0.176. The fraction of sp³-hybridized carbons (Fsp3) is 0.739. The van der Waals surface area contributed by atoms with Gasteiger partial charge in [-0.15, -0.1) is 0 Å². The van der Waals surface area contributed by atoms with Crippen molar-refractivity contribution < 1.29 is 14.0 Å². The summed E-state index contributed by atoms with van der Waals surface area (Å²) in [5.41, 5.74) is 1.01. The summed E-state index contributed by atoms with van der Waals surface area (Å²) >= 11 is 0. The summed E-state index contributed by atoms with van der Waals surface area (Å²) in [7, 11) is -1.87. The predicted molar refractivity (Wildman–Crippen MR) is 118 cm³/mol. The van der Waals surface area contributed by atoms with Gasteiger partial charge < -0.3 is 9.16 Å². The van der Waals surface area contributed by atoms with Gasteiger partial charge in [0.15, 0.2) is 14.6 Å². The molecule has 0 bridgehead atoms. The monoisotopic (exact) mass is 407 g/mol. The fourth-order valence-corrected chi connectivity index (χ4v) is 5.42. The molecule has 1 aliphatic heterocycles. The topological polar surface area (TPSA) is 30.9 Å². The van der Waals surface area contributed by atoms with Crippen LogP contribution in [0.25, 0.3) is 0 Å². The minimum Gasteiger partial charge on any atom is -0.412 e. The summed E-state index contributed by atoms with van der Waals surface area (Å²) in [5.74, 6) is 0.302. The summed E-state index contributed by atoms with van der Waals surface area (Å²) in [6.07, 6.45) is 0.691. The van der Waals surface area contributed by atoms with Gasteiger partial charge in [0.2, 0.25) is 0 Å². The van der Waals surface area contributed by atoms with Crippen LogP contribution in [0.2, 0.25) is 18.1 Å². The number of benzene rings is 1. The van der Waals surface area contributed by atoms with Crippen LogP contribution in [0.3, 0.4) is 0 Å². The highest BCUT2D eigenvalue weighted by Crippen LogP contribution is 2.43. The van der Waals surface area contributed by atoms with Crippen molar-refractivity contribution in [3.63, 3.8) is 0 Å². The van der Waals surface area contributed by atoms with Crippen molar-refractivity contribution in [3.05, 3.63) is 35.9 Å². The third-order valence-electron chi connectivity index (χ3n) is 6.59. The summed E-state index contributed by atoms with van der Waals surface area (Å²) in [6, 6.07) is 10.7. The second kappa shape index (κ2) is 8.96. The average molecular weight is 408 g/mol. The van der Waals surface area contributed by atoms with Crippen LogP contribution < -0.4 is 0 Å². The Bertz CT molecular complexity index is 612. The molecule has 1 aromatic carbocycles. The zero-order valence-corrected chi connectivity index (χ0v) is 20.4. The molecule has 1 heterocycles. The fourth-order valence-electron chi connectivity index (χ4n) is 3.61. The maximum Gasteiger partial charge on any atom is 0.192 e. The largest absolute Gasteiger partial charge is 0.412 e. The summed E-state index contributed by atoms with van der Waals surface area (Å²) in [6.45, 7) is 21.8. The van der Waals surface area contributed by atoms with Crippen molar-refractivity contribution in [2.45, 2.75) is 97.5 Å². The molecule has 0 aliphatic carbocycles. The SMILES string of the molecule is CCOC1CC(C(C)C(C)(C)O[Si](C)(C)C(C)(C)C)N(Cc2ccccc2)O1. The Morgan fingerprint density at radius 2 is 1.75 bits per heavy atom. The van der Waals surface area contributed by atoms with Crippen LogP contribution in [0.4, 0.5) is 0 Å². The van der Waals surface area contributed by atoms with Gasteiger partial charge in [-0.3, -0.25) is 4.84 Å². The van der Waals surface area contributed by atoms with E-state index >= 15 is 0 Å². The van der Waals surface area contributed by atoms with Crippen LogP contribution in [0.15, 0.2) is 30.3 Å². The van der Waals surface area contributed by atoms with E-state index in [2.05, 4.69) is 84.0 Å². The molecule has 1 aliphatic rings. The maximum absolute atomic E-state index is 6.87. The van der Waals surface area contributed by atoms with Crippen molar-refractivity contribution in [1.82, 2.24) is 5.06 Å². The van der Waals surface area contributed by atoms with Gasteiger partial charge in [-0.25, -0.2) is 0 Å². The van der Waals surface area contributed by atoms with E-state index in [0.29, 0.717) is 12.5 Å². The van der Waals surface area contributed by atoms with E-state index in [1.807, 2.05) is 13.0 Å². The standard InChI is InChI=1S/C23H41NO3Si/c1-10-25-21-16-20(24(26-21)17-19-14-12-11-13-15-19)18(2)23(6,7)27-28(8,9)22(3,4)5/h11-15,18,20-21H,10,16-17H2,1-9H3. The van der Waals surface area contributed by atoms with Crippen LogP contribution in [0.5, 0.6) is 0 Å². The molecule has 1 aromatic rings. The van der Waals surface area contributed by atoms with E-state index in [1.165, 1.54) is 5.56 Å². The van der Waals surface area contributed by atoms with Crippen molar-refractivity contribution in [1.29, 1.82) is 0 Å². The van der Waals surface area contributed by atoms with Crippen LogP contribution in [0.1, 0.15) is 60.5 Å². The lowest BCUT2D eigenvalue weighted by Gasteiger charge is -2.47. The van der Waals surface area contributed by atoms with Gasteiger partial charge in [0, 0.05) is 31.5 Å². The first-order valence-corrected chi connectivity index (χ1v) is 13.6. The van der Waals surface area contributed by atoms with Crippen LogP contribution >= 0.6 is 0 Å². The van der Waals surface area contributed by atoms with Gasteiger partial charge >= 0.3 is 0 Å². The number of hydrogen-bond donors (Lipinski definition) is 0. The van der Waals surface area contributed by atoms with Crippen LogP contribution in [-0.4, -0.2) is 37.9 Å². The normalized spacial score (nSPS) is 23.2. The number of nitrogens with zero attached hydrogens (tertiary/aromatic N) is 1. The lowest BCUT2D eigenvalue weighted by atomic mass is 9.84.